The summed E-state index contributed by atoms with van der Waals surface area (Å²) in [5.41, 5.74) is 4.31. The first-order valence-corrected chi connectivity index (χ1v) is 14.8. The fourth-order valence-corrected chi connectivity index (χ4v) is 5.42. The quantitative estimate of drug-likeness (QED) is 0.165. The van der Waals surface area contributed by atoms with Gasteiger partial charge in [-0.15, -0.1) is 0 Å². The van der Waals surface area contributed by atoms with Crippen molar-refractivity contribution in [3.05, 3.63) is 119 Å². The van der Waals surface area contributed by atoms with Gasteiger partial charge in [0.25, 0.3) is 11.8 Å². The van der Waals surface area contributed by atoms with Crippen molar-refractivity contribution in [3.63, 3.8) is 0 Å². The second-order valence-corrected chi connectivity index (χ2v) is 11.5. The number of methoxy groups -OCH3 is 1. The third-order valence-corrected chi connectivity index (χ3v) is 8.02. The molecule has 0 aliphatic carbocycles. The van der Waals surface area contributed by atoms with Gasteiger partial charge in [-0.1, -0.05) is 48.0 Å². The molecule has 10 nitrogen and oxygen atoms in total. The zero-order valence-corrected chi connectivity index (χ0v) is 24.7. The summed E-state index contributed by atoms with van der Waals surface area (Å²) in [5.74, 6) is 0.0168. The van der Waals surface area contributed by atoms with Crippen molar-refractivity contribution in [3.8, 4) is 11.5 Å². The van der Waals surface area contributed by atoms with Gasteiger partial charge >= 0.3 is 0 Å². The van der Waals surface area contributed by atoms with Gasteiger partial charge in [0, 0.05) is 17.3 Å². The highest BCUT2D eigenvalue weighted by atomic mass is 35.5. The molecule has 222 valence electrons. The van der Waals surface area contributed by atoms with Crippen LogP contribution in [0.5, 0.6) is 11.5 Å². The highest BCUT2D eigenvalue weighted by Gasteiger charge is 2.27. The van der Waals surface area contributed by atoms with Crippen LogP contribution in [0.25, 0.3) is 0 Å². The maximum atomic E-state index is 13.4. The summed E-state index contributed by atoms with van der Waals surface area (Å²) in [6.45, 7) is -0.662. The van der Waals surface area contributed by atoms with E-state index in [0.717, 1.165) is 9.87 Å². The highest BCUT2D eigenvalue weighted by Crippen LogP contribution is 2.21. The molecule has 4 aromatic rings. The maximum Gasteiger partial charge on any atom is 0.262 e. The van der Waals surface area contributed by atoms with E-state index in [1.807, 2.05) is 6.07 Å². The standard InChI is InChI=1S/C31H29ClN4O6S/c1-41-27-14-16-29(17-15-27)43(39,40)36(20-24-6-3-2-4-7-24)21-30(37)35-33-19-23-10-12-28(13-11-23)42-22-31(38)34-26-9-5-8-25(32)18-26/h2-19H,20-22H2,1H3,(H,34,38)(H,35,37)/b33-19+. The number of ether oxygens (including phenoxy) is 2. The van der Waals surface area contributed by atoms with Crippen LogP contribution in [0.15, 0.2) is 113 Å². The van der Waals surface area contributed by atoms with Gasteiger partial charge in [0.2, 0.25) is 10.0 Å². The Morgan fingerprint density at radius 1 is 0.884 bits per heavy atom. The molecule has 0 spiro atoms. The molecule has 0 radical (unpaired) electrons. The van der Waals surface area contributed by atoms with Gasteiger partial charge in [-0.25, -0.2) is 13.8 Å². The lowest BCUT2D eigenvalue weighted by molar-refractivity contribution is -0.121. The zero-order valence-electron chi connectivity index (χ0n) is 23.1. The van der Waals surface area contributed by atoms with Crippen molar-refractivity contribution in [2.45, 2.75) is 11.4 Å². The van der Waals surface area contributed by atoms with E-state index in [1.54, 1.807) is 84.9 Å². The van der Waals surface area contributed by atoms with Crippen LogP contribution in [0.4, 0.5) is 5.69 Å². The normalized spacial score (nSPS) is 11.3. The van der Waals surface area contributed by atoms with E-state index in [-0.39, 0.29) is 24.0 Å². The van der Waals surface area contributed by atoms with Crippen LogP contribution in [-0.2, 0) is 26.2 Å². The average Bonchev–Trinajstić information content (AvgIpc) is 3.01. The van der Waals surface area contributed by atoms with Crippen molar-refractivity contribution in [1.29, 1.82) is 0 Å². The minimum absolute atomic E-state index is 0.00901. The van der Waals surface area contributed by atoms with Gasteiger partial charge in [0.1, 0.15) is 11.5 Å². The Morgan fingerprint density at radius 2 is 1.58 bits per heavy atom. The molecule has 4 rings (SSSR count). The summed E-state index contributed by atoms with van der Waals surface area (Å²) in [4.78, 5) is 24.9. The zero-order chi connectivity index (χ0) is 30.7. The number of amides is 2. The van der Waals surface area contributed by atoms with Crippen molar-refractivity contribution >= 4 is 45.3 Å². The summed E-state index contributed by atoms with van der Waals surface area (Å²) >= 11 is 5.92. The molecule has 43 heavy (non-hydrogen) atoms. The number of carbonyl (C=O) groups excluding carboxylic acids is 2. The van der Waals surface area contributed by atoms with E-state index in [9.17, 15) is 18.0 Å². The molecule has 12 heteroatoms. The fourth-order valence-electron chi connectivity index (χ4n) is 3.85. The predicted octanol–water partition coefficient (Wildman–Crippen LogP) is 4.71. The smallest absolute Gasteiger partial charge is 0.262 e. The van der Waals surface area contributed by atoms with Gasteiger partial charge in [0.05, 0.1) is 24.8 Å². The topological polar surface area (TPSA) is 126 Å². The Hall–Kier alpha value is -4.71. The molecule has 0 bridgehead atoms. The second kappa shape index (κ2) is 15.0. The molecule has 0 atom stereocenters. The van der Waals surface area contributed by atoms with Crippen LogP contribution in [0.2, 0.25) is 5.02 Å². The number of hydrazone groups is 1. The first kappa shape index (κ1) is 31.2. The molecule has 0 saturated heterocycles. The lowest BCUT2D eigenvalue weighted by Gasteiger charge is -2.21. The minimum atomic E-state index is -4.02. The third-order valence-electron chi connectivity index (χ3n) is 5.98. The summed E-state index contributed by atoms with van der Waals surface area (Å²) in [7, 11) is -2.53. The van der Waals surface area contributed by atoms with Gasteiger partial charge in [-0.3, -0.25) is 9.59 Å². The lowest BCUT2D eigenvalue weighted by atomic mass is 10.2. The molecule has 0 aliphatic rings. The van der Waals surface area contributed by atoms with E-state index >= 15 is 0 Å². The van der Waals surface area contributed by atoms with E-state index in [4.69, 9.17) is 21.1 Å². The first-order chi connectivity index (χ1) is 20.7. The second-order valence-electron chi connectivity index (χ2n) is 9.14. The number of rotatable bonds is 13. The maximum absolute atomic E-state index is 13.4. The van der Waals surface area contributed by atoms with E-state index < -0.39 is 22.5 Å². The highest BCUT2D eigenvalue weighted by molar-refractivity contribution is 7.89. The van der Waals surface area contributed by atoms with E-state index in [1.165, 1.54) is 25.5 Å². The Morgan fingerprint density at radius 3 is 2.26 bits per heavy atom. The van der Waals surface area contributed by atoms with Crippen LogP contribution in [0.3, 0.4) is 0 Å². The number of nitrogens with one attached hydrogen (secondary N) is 2. The molecule has 0 unspecified atom stereocenters. The summed E-state index contributed by atoms with van der Waals surface area (Å²) in [5, 5.41) is 7.17. The summed E-state index contributed by atoms with van der Waals surface area (Å²) < 4.78 is 38.6. The SMILES string of the molecule is COc1ccc(S(=O)(=O)N(CC(=O)N/N=C/c2ccc(OCC(=O)Nc3cccc(Cl)c3)cc2)Cc2ccccc2)cc1. The van der Waals surface area contributed by atoms with Gasteiger partial charge in [-0.2, -0.15) is 9.41 Å². The molecule has 0 aromatic heterocycles. The van der Waals surface area contributed by atoms with E-state index in [0.29, 0.717) is 27.8 Å². The van der Waals surface area contributed by atoms with Crippen LogP contribution in [0, 0.1) is 0 Å². The van der Waals surface area contributed by atoms with E-state index in [2.05, 4.69) is 15.8 Å². The Bertz CT molecular complexity index is 1670. The molecule has 0 fully saturated rings. The molecule has 2 N–H and O–H groups in total. The van der Waals surface area contributed by atoms with Crippen molar-refractivity contribution in [2.75, 3.05) is 25.6 Å². The van der Waals surface area contributed by atoms with Crippen LogP contribution in [-0.4, -0.2) is 51.0 Å². The lowest BCUT2D eigenvalue weighted by Crippen LogP contribution is -2.39. The summed E-state index contributed by atoms with van der Waals surface area (Å²) in [6, 6.07) is 28.4. The molecule has 0 saturated carbocycles. The van der Waals surface area contributed by atoms with Gasteiger partial charge in [-0.05, 0) is 77.9 Å². The Labute approximate surface area is 254 Å². The molecular formula is C31H29ClN4O6S. The molecule has 4 aromatic carbocycles. The van der Waals surface area contributed by atoms with Crippen molar-refractivity contribution in [1.82, 2.24) is 9.73 Å². The molecular weight excluding hydrogens is 592 g/mol. The summed E-state index contributed by atoms with van der Waals surface area (Å²) in [6.07, 6.45) is 1.41. The number of anilines is 1. The average molecular weight is 621 g/mol. The number of benzene rings is 4. The Balaban J connectivity index is 1.33. The van der Waals surface area contributed by atoms with Crippen LogP contribution >= 0.6 is 11.6 Å². The van der Waals surface area contributed by atoms with Gasteiger partial charge in [0.15, 0.2) is 6.61 Å². The number of hydrogen-bond donors (Lipinski definition) is 2. The number of nitrogens with zero attached hydrogens (tertiary/aromatic N) is 2. The third kappa shape index (κ3) is 9.40. The first-order valence-electron chi connectivity index (χ1n) is 13.0. The fraction of sp³-hybridized carbons (Fsp3) is 0.129. The number of halogens is 1. The minimum Gasteiger partial charge on any atom is -0.497 e. The largest absolute Gasteiger partial charge is 0.497 e. The number of carbonyl (C=O) groups is 2. The predicted molar refractivity (Wildman–Crippen MR) is 165 cm³/mol. The van der Waals surface area contributed by atoms with Crippen molar-refractivity contribution in [2.24, 2.45) is 5.10 Å². The molecule has 2 amide bonds. The monoisotopic (exact) mass is 620 g/mol. The van der Waals surface area contributed by atoms with Crippen LogP contribution < -0.4 is 20.2 Å². The molecule has 0 aliphatic heterocycles. The van der Waals surface area contributed by atoms with Crippen molar-refractivity contribution < 1.29 is 27.5 Å². The van der Waals surface area contributed by atoms with Gasteiger partial charge < -0.3 is 14.8 Å². The number of hydrogen-bond acceptors (Lipinski definition) is 7. The Kier molecular flexibility index (Phi) is 10.9. The molecule has 0 heterocycles. The van der Waals surface area contributed by atoms with Crippen LogP contribution in [0.1, 0.15) is 11.1 Å². The number of sulfonamides is 1.